The molecular weight excluding hydrogens is 356 g/mol. The lowest BCUT2D eigenvalue weighted by Crippen LogP contribution is -2.35. The number of sulfonamides is 1. The molecule has 9 heteroatoms. The summed E-state index contributed by atoms with van der Waals surface area (Å²) >= 11 is 0. The minimum absolute atomic E-state index is 0.0675. The fraction of sp³-hybridized carbons (Fsp3) is 0.529. The number of hydrogen-bond acceptors (Lipinski definition) is 7. The van der Waals surface area contributed by atoms with Gasteiger partial charge in [0.1, 0.15) is 0 Å². The Kier molecular flexibility index (Phi) is 4.05. The second kappa shape index (κ2) is 6.04. The second-order valence-electron chi connectivity index (χ2n) is 7.08. The van der Waals surface area contributed by atoms with Crippen molar-refractivity contribution in [2.75, 3.05) is 31.6 Å². The number of aromatic nitrogens is 2. The zero-order valence-electron chi connectivity index (χ0n) is 14.8. The van der Waals surface area contributed by atoms with Gasteiger partial charge in [-0.2, -0.15) is 9.29 Å². The van der Waals surface area contributed by atoms with Gasteiger partial charge in [0, 0.05) is 32.2 Å². The van der Waals surface area contributed by atoms with Crippen molar-refractivity contribution >= 4 is 15.7 Å². The van der Waals surface area contributed by atoms with Crippen molar-refractivity contribution < 1.29 is 18.0 Å². The van der Waals surface area contributed by atoms with Crippen molar-refractivity contribution in [1.29, 1.82) is 0 Å². The van der Waals surface area contributed by atoms with Gasteiger partial charge in [-0.15, -0.1) is 0 Å². The number of hydrogen-bond donors (Lipinski definition) is 1. The fourth-order valence-electron chi connectivity index (χ4n) is 3.67. The normalized spacial score (nSPS) is 24.0. The number of nitrogens with zero attached hydrogens (tertiary/aromatic N) is 4. The first kappa shape index (κ1) is 17.4. The molecule has 3 heterocycles. The van der Waals surface area contributed by atoms with Crippen molar-refractivity contribution in [2.24, 2.45) is 0 Å². The molecule has 0 unspecified atom stereocenters. The Bertz CT molecular complexity index is 942. The van der Waals surface area contributed by atoms with Crippen molar-refractivity contribution in [3.63, 3.8) is 0 Å². The number of benzene rings is 1. The monoisotopic (exact) mass is 378 g/mol. The average molecular weight is 378 g/mol. The van der Waals surface area contributed by atoms with Crippen LogP contribution < -0.4 is 4.90 Å². The molecule has 0 radical (unpaired) electrons. The second-order valence-corrected chi connectivity index (χ2v) is 9.02. The Labute approximate surface area is 152 Å². The molecule has 4 rings (SSSR count). The topological polar surface area (TPSA) is 99.8 Å². The SMILES string of the molecule is Cc1noc([C@]2(O)CCN(S(=O)(=O)c3ccc4c(c3)N(C)CCC4)C2)n1. The number of aryl methyl sites for hydroxylation is 2. The number of fused-ring (bicyclic) bond motifs is 1. The first-order valence-corrected chi connectivity index (χ1v) is 10.1. The molecule has 8 nitrogen and oxygen atoms in total. The molecule has 0 saturated carbocycles. The highest BCUT2D eigenvalue weighted by atomic mass is 32.2. The maximum atomic E-state index is 13.1. The molecule has 1 N–H and O–H groups in total. The van der Waals surface area contributed by atoms with Gasteiger partial charge in [-0.1, -0.05) is 11.2 Å². The predicted molar refractivity (Wildman–Crippen MR) is 94.3 cm³/mol. The quantitative estimate of drug-likeness (QED) is 0.852. The first-order valence-electron chi connectivity index (χ1n) is 8.67. The van der Waals surface area contributed by atoms with E-state index in [0.29, 0.717) is 5.82 Å². The Morgan fingerprint density at radius 2 is 2.12 bits per heavy atom. The minimum atomic E-state index is -3.71. The van der Waals surface area contributed by atoms with Gasteiger partial charge in [0.15, 0.2) is 11.4 Å². The summed E-state index contributed by atoms with van der Waals surface area (Å²) in [7, 11) is -1.74. The molecule has 1 atom stereocenters. The van der Waals surface area contributed by atoms with Crippen molar-refractivity contribution in [3.05, 3.63) is 35.5 Å². The molecule has 0 aliphatic carbocycles. The fourth-order valence-corrected chi connectivity index (χ4v) is 5.19. The smallest absolute Gasteiger partial charge is 0.260 e. The summed E-state index contributed by atoms with van der Waals surface area (Å²) in [5.74, 6) is 0.477. The van der Waals surface area contributed by atoms with Crippen LogP contribution in [0.3, 0.4) is 0 Å². The predicted octanol–water partition coefficient (Wildman–Crippen LogP) is 1.04. The van der Waals surface area contributed by atoms with Crippen LogP contribution in [0.15, 0.2) is 27.6 Å². The van der Waals surface area contributed by atoms with Gasteiger partial charge < -0.3 is 14.5 Å². The van der Waals surface area contributed by atoms with Crippen molar-refractivity contribution in [1.82, 2.24) is 14.4 Å². The third-order valence-electron chi connectivity index (χ3n) is 5.18. The van der Waals surface area contributed by atoms with Gasteiger partial charge in [0.25, 0.3) is 5.89 Å². The van der Waals surface area contributed by atoms with E-state index in [9.17, 15) is 13.5 Å². The highest BCUT2D eigenvalue weighted by Gasteiger charge is 2.46. The van der Waals surface area contributed by atoms with Crippen LogP contribution in [0.25, 0.3) is 0 Å². The van der Waals surface area contributed by atoms with E-state index in [4.69, 9.17) is 4.52 Å². The molecule has 0 bridgehead atoms. The van der Waals surface area contributed by atoms with Gasteiger partial charge in [0.05, 0.1) is 11.4 Å². The molecule has 2 aliphatic heterocycles. The average Bonchev–Trinajstić information content (AvgIpc) is 3.22. The van der Waals surface area contributed by atoms with Crippen LogP contribution in [0.4, 0.5) is 5.69 Å². The van der Waals surface area contributed by atoms with Gasteiger partial charge in [-0.25, -0.2) is 8.42 Å². The zero-order chi connectivity index (χ0) is 18.5. The zero-order valence-corrected chi connectivity index (χ0v) is 15.7. The third-order valence-corrected chi connectivity index (χ3v) is 7.02. The number of anilines is 1. The Morgan fingerprint density at radius 3 is 2.85 bits per heavy atom. The summed E-state index contributed by atoms with van der Waals surface area (Å²) in [5, 5.41) is 14.5. The van der Waals surface area contributed by atoms with Gasteiger partial charge in [-0.3, -0.25) is 0 Å². The minimum Gasteiger partial charge on any atom is -0.379 e. The summed E-state index contributed by atoms with van der Waals surface area (Å²) in [6.07, 6.45) is 2.25. The first-order chi connectivity index (χ1) is 12.3. The molecule has 2 aliphatic rings. The van der Waals surface area contributed by atoms with E-state index in [1.165, 1.54) is 4.31 Å². The number of rotatable bonds is 3. The third kappa shape index (κ3) is 2.80. The molecule has 1 saturated heterocycles. The molecule has 0 amide bonds. The molecule has 140 valence electrons. The highest BCUT2D eigenvalue weighted by Crippen LogP contribution is 2.35. The largest absolute Gasteiger partial charge is 0.379 e. The van der Waals surface area contributed by atoms with Crippen molar-refractivity contribution in [3.8, 4) is 0 Å². The van der Waals surface area contributed by atoms with E-state index < -0.39 is 15.6 Å². The molecule has 0 spiro atoms. The van der Waals surface area contributed by atoms with E-state index in [1.54, 1.807) is 19.1 Å². The van der Waals surface area contributed by atoms with Gasteiger partial charge >= 0.3 is 0 Å². The van der Waals surface area contributed by atoms with E-state index in [1.807, 2.05) is 13.1 Å². The van der Waals surface area contributed by atoms with Crippen LogP contribution in [0.5, 0.6) is 0 Å². The van der Waals surface area contributed by atoms with Crippen LogP contribution in [0.2, 0.25) is 0 Å². The number of aliphatic hydroxyl groups is 1. The molecular formula is C17H22N4O4S. The lowest BCUT2D eigenvalue weighted by molar-refractivity contribution is 0.0194. The van der Waals surface area contributed by atoms with Gasteiger partial charge in [-0.05, 0) is 37.5 Å². The maximum absolute atomic E-state index is 13.1. The summed E-state index contributed by atoms with van der Waals surface area (Å²) < 4.78 is 32.5. The Hall–Kier alpha value is -1.97. The molecule has 2 aromatic rings. The standard InChI is InChI=1S/C17H22N4O4S/c1-12-18-16(25-19-12)17(22)7-9-21(11-17)26(23,24)14-6-5-13-4-3-8-20(2)15(13)10-14/h5-6,10,22H,3-4,7-9,11H2,1-2H3/t17-/m0/s1. The van der Waals surface area contributed by atoms with E-state index >= 15 is 0 Å². The van der Waals surface area contributed by atoms with E-state index in [-0.39, 0.29) is 30.3 Å². The van der Waals surface area contributed by atoms with Crippen LogP contribution in [0.1, 0.15) is 30.1 Å². The van der Waals surface area contributed by atoms with Crippen LogP contribution in [0, 0.1) is 6.92 Å². The lowest BCUT2D eigenvalue weighted by Gasteiger charge is -2.28. The molecule has 26 heavy (non-hydrogen) atoms. The lowest BCUT2D eigenvalue weighted by atomic mass is 10.0. The van der Waals surface area contributed by atoms with E-state index in [0.717, 1.165) is 30.6 Å². The van der Waals surface area contributed by atoms with Crippen molar-refractivity contribution in [2.45, 2.75) is 36.7 Å². The highest BCUT2D eigenvalue weighted by molar-refractivity contribution is 7.89. The summed E-state index contributed by atoms with van der Waals surface area (Å²) in [4.78, 5) is 6.39. The molecule has 1 aromatic heterocycles. The summed E-state index contributed by atoms with van der Waals surface area (Å²) in [5.41, 5.74) is 0.676. The van der Waals surface area contributed by atoms with Gasteiger partial charge in [0.2, 0.25) is 10.0 Å². The Morgan fingerprint density at radius 1 is 1.31 bits per heavy atom. The van der Waals surface area contributed by atoms with E-state index in [2.05, 4.69) is 15.0 Å². The summed E-state index contributed by atoms with van der Waals surface area (Å²) in [6.45, 7) is 2.68. The maximum Gasteiger partial charge on any atom is 0.260 e. The summed E-state index contributed by atoms with van der Waals surface area (Å²) in [6, 6.07) is 5.28. The Balaban J connectivity index is 1.63. The van der Waals surface area contributed by atoms with Crippen LogP contribution in [-0.4, -0.2) is 54.7 Å². The van der Waals surface area contributed by atoms with Crippen LogP contribution in [-0.2, 0) is 22.0 Å². The molecule has 1 aromatic carbocycles. The number of β-amino-alcohol motifs (C(OH)–C–C–N with tert-alkyl or cyclic N) is 1. The molecule has 1 fully saturated rings. The van der Waals surface area contributed by atoms with Crippen LogP contribution >= 0.6 is 0 Å².